The van der Waals surface area contributed by atoms with Gasteiger partial charge in [-0.2, -0.15) is 0 Å². The summed E-state index contributed by atoms with van der Waals surface area (Å²) in [6.45, 7) is 0.750. The third-order valence-corrected chi connectivity index (χ3v) is 5.42. The standard InChI is InChI=1S/C22H24FN3O/c23-18-11-5-4-10-17(18)15-26-20-13-7-6-12-19(20)25-21(26)14-24-22(27)16-8-2-1-3-9-16/h4-7,10-13,16H,1-3,8-9,14-15H2,(H,24,27). The lowest BCUT2D eigenvalue weighted by Crippen LogP contribution is -2.32. The third kappa shape index (κ3) is 3.87. The summed E-state index contributed by atoms with van der Waals surface area (Å²) in [6.07, 6.45) is 5.42. The number of para-hydroxylation sites is 2. The molecule has 1 saturated carbocycles. The zero-order chi connectivity index (χ0) is 18.6. The van der Waals surface area contributed by atoms with E-state index in [1.807, 2.05) is 34.9 Å². The van der Waals surface area contributed by atoms with E-state index in [9.17, 15) is 9.18 Å². The Kier molecular flexibility index (Phi) is 5.19. The normalized spacial score (nSPS) is 15.1. The third-order valence-electron chi connectivity index (χ3n) is 5.42. The summed E-state index contributed by atoms with van der Waals surface area (Å²) >= 11 is 0. The monoisotopic (exact) mass is 365 g/mol. The topological polar surface area (TPSA) is 46.9 Å². The molecule has 140 valence electrons. The van der Waals surface area contributed by atoms with Crippen LogP contribution >= 0.6 is 0 Å². The average molecular weight is 365 g/mol. The van der Waals surface area contributed by atoms with Crippen molar-refractivity contribution in [3.63, 3.8) is 0 Å². The maximum absolute atomic E-state index is 14.2. The largest absolute Gasteiger partial charge is 0.349 e. The minimum Gasteiger partial charge on any atom is -0.349 e. The molecular weight excluding hydrogens is 341 g/mol. The number of carbonyl (C=O) groups is 1. The maximum atomic E-state index is 14.2. The zero-order valence-electron chi connectivity index (χ0n) is 15.3. The summed E-state index contributed by atoms with van der Waals surface area (Å²) < 4.78 is 16.2. The van der Waals surface area contributed by atoms with Gasteiger partial charge in [0.2, 0.25) is 5.91 Å². The molecule has 0 radical (unpaired) electrons. The molecule has 5 heteroatoms. The summed E-state index contributed by atoms with van der Waals surface area (Å²) in [4.78, 5) is 17.2. The number of halogens is 1. The molecule has 27 heavy (non-hydrogen) atoms. The summed E-state index contributed by atoms with van der Waals surface area (Å²) in [6, 6.07) is 14.6. The Morgan fingerprint density at radius 3 is 2.63 bits per heavy atom. The van der Waals surface area contributed by atoms with Gasteiger partial charge in [-0.1, -0.05) is 49.6 Å². The average Bonchev–Trinajstić information content (AvgIpc) is 3.06. The van der Waals surface area contributed by atoms with Gasteiger partial charge in [0.15, 0.2) is 0 Å². The number of nitrogens with zero attached hydrogens (tertiary/aromatic N) is 2. The first-order valence-electron chi connectivity index (χ1n) is 9.67. The molecule has 3 aromatic rings. The van der Waals surface area contributed by atoms with Crippen molar-refractivity contribution < 1.29 is 9.18 Å². The number of hydrogen-bond donors (Lipinski definition) is 1. The van der Waals surface area contributed by atoms with E-state index in [2.05, 4.69) is 10.3 Å². The van der Waals surface area contributed by atoms with Crippen LogP contribution in [0.1, 0.15) is 43.5 Å². The first kappa shape index (κ1) is 17.7. The smallest absolute Gasteiger partial charge is 0.223 e. The van der Waals surface area contributed by atoms with Crippen LogP contribution in [-0.4, -0.2) is 15.5 Å². The van der Waals surface area contributed by atoms with Gasteiger partial charge in [-0.25, -0.2) is 9.37 Å². The molecule has 0 aliphatic heterocycles. The fourth-order valence-corrected chi connectivity index (χ4v) is 3.91. The predicted octanol–water partition coefficient (Wildman–Crippen LogP) is 4.42. The molecule has 0 atom stereocenters. The van der Waals surface area contributed by atoms with Gasteiger partial charge in [-0.3, -0.25) is 4.79 Å². The molecule has 0 saturated heterocycles. The van der Waals surface area contributed by atoms with Crippen molar-refractivity contribution >= 4 is 16.9 Å². The SMILES string of the molecule is O=C(NCc1nc2ccccc2n1Cc1ccccc1F)C1CCCCC1. The van der Waals surface area contributed by atoms with Crippen molar-refractivity contribution in [2.24, 2.45) is 5.92 Å². The Morgan fingerprint density at radius 2 is 1.81 bits per heavy atom. The van der Waals surface area contributed by atoms with Crippen LogP contribution in [-0.2, 0) is 17.9 Å². The second kappa shape index (κ2) is 7.91. The lowest BCUT2D eigenvalue weighted by atomic mass is 9.89. The van der Waals surface area contributed by atoms with Crippen LogP contribution in [0.4, 0.5) is 4.39 Å². The van der Waals surface area contributed by atoms with Crippen LogP contribution in [0.2, 0.25) is 0 Å². The lowest BCUT2D eigenvalue weighted by Gasteiger charge is -2.20. The van der Waals surface area contributed by atoms with Crippen LogP contribution in [0.3, 0.4) is 0 Å². The molecule has 1 fully saturated rings. The molecular formula is C22H24FN3O. The number of benzene rings is 2. The molecule has 0 unspecified atom stereocenters. The number of carbonyl (C=O) groups excluding carboxylic acids is 1. The molecule has 4 rings (SSSR count). The van der Waals surface area contributed by atoms with Gasteiger partial charge < -0.3 is 9.88 Å². The fraction of sp³-hybridized carbons (Fsp3) is 0.364. The van der Waals surface area contributed by atoms with Crippen LogP contribution in [0, 0.1) is 11.7 Å². The van der Waals surface area contributed by atoms with Crippen molar-refractivity contribution in [2.75, 3.05) is 0 Å². The van der Waals surface area contributed by atoms with Crippen molar-refractivity contribution in [1.29, 1.82) is 0 Å². The molecule has 1 N–H and O–H groups in total. The van der Waals surface area contributed by atoms with E-state index in [1.54, 1.807) is 12.1 Å². The number of hydrogen-bond acceptors (Lipinski definition) is 2. The Bertz CT molecular complexity index is 944. The molecule has 1 aromatic heterocycles. The van der Waals surface area contributed by atoms with Crippen molar-refractivity contribution in [3.8, 4) is 0 Å². The Morgan fingerprint density at radius 1 is 1.07 bits per heavy atom. The van der Waals surface area contributed by atoms with Gasteiger partial charge in [0, 0.05) is 11.5 Å². The van der Waals surface area contributed by atoms with Gasteiger partial charge in [0.05, 0.1) is 24.1 Å². The van der Waals surface area contributed by atoms with Gasteiger partial charge in [-0.05, 0) is 31.0 Å². The number of nitrogens with one attached hydrogen (secondary N) is 1. The number of fused-ring (bicyclic) bond motifs is 1. The fourth-order valence-electron chi connectivity index (χ4n) is 3.91. The van der Waals surface area contributed by atoms with Crippen LogP contribution in [0.5, 0.6) is 0 Å². The van der Waals surface area contributed by atoms with Crippen LogP contribution in [0.25, 0.3) is 11.0 Å². The molecule has 2 aromatic carbocycles. The second-order valence-electron chi connectivity index (χ2n) is 7.25. The first-order valence-corrected chi connectivity index (χ1v) is 9.67. The van der Waals surface area contributed by atoms with Crippen LogP contribution < -0.4 is 5.32 Å². The Balaban J connectivity index is 1.58. The maximum Gasteiger partial charge on any atom is 0.223 e. The highest BCUT2D eigenvalue weighted by Gasteiger charge is 2.21. The number of aromatic nitrogens is 2. The summed E-state index contributed by atoms with van der Waals surface area (Å²) in [5.41, 5.74) is 2.42. The lowest BCUT2D eigenvalue weighted by molar-refractivity contribution is -0.126. The van der Waals surface area contributed by atoms with E-state index in [-0.39, 0.29) is 17.6 Å². The highest BCUT2D eigenvalue weighted by Crippen LogP contribution is 2.24. The van der Waals surface area contributed by atoms with E-state index in [4.69, 9.17) is 0 Å². The van der Waals surface area contributed by atoms with Gasteiger partial charge >= 0.3 is 0 Å². The van der Waals surface area contributed by atoms with Crippen molar-refractivity contribution in [1.82, 2.24) is 14.9 Å². The molecule has 1 aliphatic rings. The zero-order valence-corrected chi connectivity index (χ0v) is 15.3. The first-order chi connectivity index (χ1) is 13.2. The van der Waals surface area contributed by atoms with Crippen molar-refractivity contribution in [3.05, 3.63) is 65.7 Å². The number of amides is 1. The van der Waals surface area contributed by atoms with E-state index in [0.29, 0.717) is 18.7 Å². The molecule has 1 heterocycles. The molecule has 4 nitrogen and oxygen atoms in total. The van der Waals surface area contributed by atoms with Crippen LogP contribution in [0.15, 0.2) is 48.5 Å². The quantitative estimate of drug-likeness (QED) is 0.727. The minimum atomic E-state index is -0.229. The Hall–Kier alpha value is -2.69. The summed E-state index contributed by atoms with van der Waals surface area (Å²) in [5, 5.41) is 3.05. The molecule has 1 amide bonds. The highest BCUT2D eigenvalue weighted by atomic mass is 19.1. The van der Waals surface area contributed by atoms with Crippen molar-refractivity contribution in [2.45, 2.75) is 45.2 Å². The summed E-state index contributed by atoms with van der Waals surface area (Å²) in [7, 11) is 0. The van der Waals surface area contributed by atoms with Gasteiger partial charge in [0.1, 0.15) is 11.6 Å². The Labute approximate surface area is 158 Å². The van der Waals surface area contributed by atoms with E-state index in [0.717, 1.165) is 42.5 Å². The molecule has 0 bridgehead atoms. The predicted molar refractivity (Wildman–Crippen MR) is 104 cm³/mol. The van der Waals surface area contributed by atoms with E-state index >= 15 is 0 Å². The van der Waals surface area contributed by atoms with E-state index < -0.39 is 0 Å². The number of imidazole rings is 1. The van der Waals surface area contributed by atoms with Gasteiger partial charge in [-0.15, -0.1) is 0 Å². The van der Waals surface area contributed by atoms with E-state index in [1.165, 1.54) is 12.5 Å². The highest BCUT2D eigenvalue weighted by molar-refractivity contribution is 5.79. The minimum absolute atomic E-state index is 0.110. The number of rotatable bonds is 5. The molecule has 0 spiro atoms. The summed E-state index contributed by atoms with van der Waals surface area (Å²) in [5.74, 6) is 0.749. The molecule has 1 aliphatic carbocycles. The second-order valence-corrected chi connectivity index (χ2v) is 7.25. The van der Waals surface area contributed by atoms with Gasteiger partial charge in [0.25, 0.3) is 0 Å².